The quantitative estimate of drug-likeness (QED) is 0.793. The summed E-state index contributed by atoms with van der Waals surface area (Å²) in [6.07, 6.45) is 1.37. The van der Waals surface area contributed by atoms with Gasteiger partial charge in [-0.05, 0) is 26.4 Å². The molecule has 6 heteroatoms. The van der Waals surface area contributed by atoms with Crippen LogP contribution in [0.3, 0.4) is 0 Å². The zero-order chi connectivity index (χ0) is 14.4. The number of nitrogens with two attached hydrogens (primary N) is 1. The maximum Gasteiger partial charge on any atom is 0.226 e. The first-order valence-electron chi connectivity index (χ1n) is 6.51. The molecule has 1 heterocycles. The fourth-order valence-electron chi connectivity index (χ4n) is 1.88. The van der Waals surface area contributed by atoms with Crippen molar-refractivity contribution in [1.82, 2.24) is 15.2 Å². The monoisotopic (exact) mass is 284 g/mol. The molecule has 5 nitrogen and oxygen atoms in total. The number of thiazole rings is 1. The van der Waals surface area contributed by atoms with Gasteiger partial charge < -0.3 is 16.0 Å². The van der Waals surface area contributed by atoms with E-state index in [1.807, 2.05) is 19.5 Å². The molecule has 0 spiro atoms. The lowest BCUT2D eigenvalue weighted by Crippen LogP contribution is -2.41. The number of amides is 1. The SMILES string of the molecule is CC(C)CC(CNC(=O)Cc1csc(N)n1)N(C)C. The largest absolute Gasteiger partial charge is 0.375 e. The first-order valence-corrected chi connectivity index (χ1v) is 7.39. The third kappa shape index (κ3) is 6.02. The molecule has 1 rings (SSSR count). The third-order valence-electron chi connectivity index (χ3n) is 2.92. The lowest BCUT2D eigenvalue weighted by atomic mass is 10.0. The second-order valence-electron chi connectivity index (χ2n) is 5.40. The maximum absolute atomic E-state index is 11.8. The molecule has 1 unspecified atom stereocenters. The Kier molecular flexibility index (Phi) is 6.24. The molecule has 0 aliphatic rings. The van der Waals surface area contributed by atoms with E-state index in [4.69, 9.17) is 5.73 Å². The normalized spacial score (nSPS) is 12.9. The lowest BCUT2D eigenvalue weighted by molar-refractivity contribution is -0.120. The number of hydrogen-bond donors (Lipinski definition) is 2. The number of nitrogens with one attached hydrogen (secondary N) is 1. The first kappa shape index (κ1) is 15.9. The second-order valence-corrected chi connectivity index (χ2v) is 6.29. The third-order valence-corrected chi connectivity index (χ3v) is 3.64. The van der Waals surface area contributed by atoms with Gasteiger partial charge in [0, 0.05) is 18.0 Å². The molecule has 108 valence electrons. The van der Waals surface area contributed by atoms with Gasteiger partial charge in [-0.25, -0.2) is 4.98 Å². The molecule has 0 aliphatic heterocycles. The van der Waals surface area contributed by atoms with E-state index in [-0.39, 0.29) is 5.91 Å². The molecule has 1 aromatic heterocycles. The van der Waals surface area contributed by atoms with E-state index in [0.717, 1.165) is 12.1 Å². The highest BCUT2D eigenvalue weighted by atomic mass is 32.1. The van der Waals surface area contributed by atoms with Gasteiger partial charge in [0.25, 0.3) is 0 Å². The standard InChI is InChI=1S/C13H24N4OS/c1-9(2)5-11(17(3)4)7-15-12(18)6-10-8-19-13(14)16-10/h8-9,11H,5-7H2,1-4H3,(H2,14,16)(H,15,18). The Morgan fingerprint density at radius 2 is 2.21 bits per heavy atom. The summed E-state index contributed by atoms with van der Waals surface area (Å²) in [5.41, 5.74) is 6.28. The zero-order valence-corrected chi connectivity index (χ0v) is 13.0. The fraction of sp³-hybridized carbons (Fsp3) is 0.692. The van der Waals surface area contributed by atoms with Crippen molar-refractivity contribution < 1.29 is 4.79 Å². The van der Waals surface area contributed by atoms with E-state index in [0.29, 0.717) is 30.1 Å². The predicted octanol–water partition coefficient (Wildman–Crippen LogP) is 1.36. The van der Waals surface area contributed by atoms with Crippen LogP contribution < -0.4 is 11.1 Å². The molecular formula is C13H24N4OS. The number of nitrogens with zero attached hydrogens (tertiary/aromatic N) is 2. The second kappa shape index (κ2) is 7.45. The fourth-order valence-corrected chi connectivity index (χ4v) is 2.45. The zero-order valence-electron chi connectivity index (χ0n) is 12.1. The molecule has 0 fully saturated rings. The minimum Gasteiger partial charge on any atom is -0.375 e. The minimum atomic E-state index is 0.000839. The minimum absolute atomic E-state index is 0.000839. The van der Waals surface area contributed by atoms with Crippen molar-refractivity contribution in [3.05, 3.63) is 11.1 Å². The summed E-state index contributed by atoms with van der Waals surface area (Å²) >= 11 is 1.36. The molecule has 1 atom stereocenters. The smallest absolute Gasteiger partial charge is 0.226 e. The molecule has 1 aromatic rings. The Bertz CT molecular complexity index is 403. The molecule has 1 amide bonds. The summed E-state index contributed by atoms with van der Waals surface area (Å²) in [5.74, 6) is 0.614. The number of anilines is 1. The Morgan fingerprint density at radius 1 is 1.53 bits per heavy atom. The number of nitrogen functional groups attached to an aromatic ring is 1. The number of carbonyl (C=O) groups excluding carboxylic acids is 1. The molecule has 0 bridgehead atoms. The van der Waals surface area contributed by atoms with Gasteiger partial charge in [-0.2, -0.15) is 0 Å². The summed E-state index contributed by atoms with van der Waals surface area (Å²) in [7, 11) is 4.08. The van der Waals surface area contributed by atoms with Crippen LogP contribution in [0.25, 0.3) is 0 Å². The number of hydrogen-bond acceptors (Lipinski definition) is 5. The Balaban J connectivity index is 2.39. The highest BCUT2D eigenvalue weighted by Gasteiger charge is 2.15. The van der Waals surface area contributed by atoms with Crippen molar-refractivity contribution in [3.63, 3.8) is 0 Å². The van der Waals surface area contributed by atoms with E-state index < -0.39 is 0 Å². The Labute approximate surface area is 119 Å². The van der Waals surface area contributed by atoms with E-state index >= 15 is 0 Å². The summed E-state index contributed by atoms with van der Waals surface area (Å²) in [6, 6.07) is 0.365. The average molecular weight is 284 g/mol. The topological polar surface area (TPSA) is 71.2 Å². The van der Waals surface area contributed by atoms with E-state index in [1.54, 1.807) is 0 Å². The molecule has 3 N–H and O–H groups in total. The summed E-state index contributed by atoms with van der Waals surface area (Å²) in [4.78, 5) is 18.1. The summed E-state index contributed by atoms with van der Waals surface area (Å²) in [6.45, 7) is 5.05. The van der Waals surface area contributed by atoms with Gasteiger partial charge in [-0.1, -0.05) is 13.8 Å². The van der Waals surface area contributed by atoms with Crippen LogP contribution in [0.2, 0.25) is 0 Å². The Morgan fingerprint density at radius 3 is 2.68 bits per heavy atom. The predicted molar refractivity (Wildman–Crippen MR) is 80.2 cm³/mol. The van der Waals surface area contributed by atoms with Crippen molar-refractivity contribution in [2.24, 2.45) is 5.92 Å². The maximum atomic E-state index is 11.8. The van der Waals surface area contributed by atoms with Crippen LogP contribution in [0.15, 0.2) is 5.38 Å². The average Bonchev–Trinajstić information content (AvgIpc) is 2.69. The molecule has 0 saturated carbocycles. The van der Waals surface area contributed by atoms with Crippen LogP contribution in [0, 0.1) is 5.92 Å². The highest BCUT2D eigenvalue weighted by Crippen LogP contribution is 2.11. The van der Waals surface area contributed by atoms with E-state index in [1.165, 1.54) is 11.3 Å². The van der Waals surface area contributed by atoms with Crippen LogP contribution in [-0.4, -0.2) is 42.5 Å². The highest BCUT2D eigenvalue weighted by molar-refractivity contribution is 7.13. The van der Waals surface area contributed by atoms with Gasteiger partial charge in [0.05, 0.1) is 12.1 Å². The molecular weight excluding hydrogens is 260 g/mol. The molecule has 0 aromatic carbocycles. The van der Waals surface area contributed by atoms with Gasteiger partial charge in [0.15, 0.2) is 5.13 Å². The Hall–Kier alpha value is -1.14. The molecule has 0 aliphatic carbocycles. The van der Waals surface area contributed by atoms with Crippen molar-refractivity contribution in [3.8, 4) is 0 Å². The first-order chi connectivity index (χ1) is 8.88. The van der Waals surface area contributed by atoms with Gasteiger partial charge in [-0.3, -0.25) is 4.79 Å². The van der Waals surface area contributed by atoms with Crippen LogP contribution in [0.4, 0.5) is 5.13 Å². The van der Waals surface area contributed by atoms with Crippen molar-refractivity contribution >= 4 is 22.4 Å². The van der Waals surface area contributed by atoms with E-state index in [9.17, 15) is 4.79 Å². The molecule has 0 saturated heterocycles. The van der Waals surface area contributed by atoms with Gasteiger partial charge in [-0.15, -0.1) is 11.3 Å². The number of rotatable bonds is 7. The van der Waals surface area contributed by atoms with Crippen molar-refractivity contribution in [2.75, 3.05) is 26.4 Å². The molecule has 19 heavy (non-hydrogen) atoms. The van der Waals surface area contributed by atoms with E-state index in [2.05, 4.69) is 29.0 Å². The summed E-state index contributed by atoms with van der Waals surface area (Å²) in [5, 5.41) is 5.30. The lowest BCUT2D eigenvalue weighted by Gasteiger charge is -2.26. The number of carbonyl (C=O) groups is 1. The van der Waals surface area contributed by atoms with Crippen LogP contribution in [0.5, 0.6) is 0 Å². The molecule has 0 radical (unpaired) electrons. The van der Waals surface area contributed by atoms with Crippen LogP contribution in [0.1, 0.15) is 26.0 Å². The van der Waals surface area contributed by atoms with Crippen molar-refractivity contribution in [1.29, 1.82) is 0 Å². The van der Waals surface area contributed by atoms with Crippen LogP contribution in [-0.2, 0) is 11.2 Å². The number of aromatic nitrogens is 1. The van der Waals surface area contributed by atoms with Gasteiger partial charge in [0.2, 0.25) is 5.91 Å². The summed E-state index contributed by atoms with van der Waals surface area (Å²) < 4.78 is 0. The number of likely N-dealkylation sites (N-methyl/N-ethyl adjacent to an activating group) is 1. The van der Waals surface area contributed by atoms with Crippen molar-refractivity contribution in [2.45, 2.75) is 32.7 Å². The van der Waals surface area contributed by atoms with Gasteiger partial charge >= 0.3 is 0 Å². The van der Waals surface area contributed by atoms with Gasteiger partial charge in [0.1, 0.15) is 0 Å². The van der Waals surface area contributed by atoms with Crippen LogP contribution >= 0.6 is 11.3 Å².